The van der Waals surface area contributed by atoms with Gasteiger partial charge in [0.2, 0.25) is 23.7 Å². The molecule has 56 heavy (non-hydrogen) atoms. The zero-order chi connectivity index (χ0) is 39.0. The van der Waals surface area contributed by atoms with Gasteiger partial charge in [0.05, 0.1) is 36.3 Å². The van der Waals surface area contributed by atoms with Gasteiger partial charge in [0, 0.05) is 63.3 Å². The predicted molar refractivity (Wildman–Crippen MR) is 202 cm³/mol. The summed E-state index contributed by atoms with van der Waals surface area (Å²) in [7, 11) is 1.29. The quantitative estimate of drug-likeness (QED) is 0.106. The van der Waals surface area contributed by atoms with Crippen molar-refractivity contribution in [2.45, 2.75) is 25.6 Å². The Morgan fingerprint density at radius 2 is 1.71 bits per heavy atom. The lowest BCUT2D eigenvalue weighted by molar-refractivity contribution is -0.141. The number of halogens is 1. The van der Waals surface area contributed by atoms with E-state index in [9.17, 15) is 24.3 Å². The van der Waals surface area contributed by atoms with Gasteiger partial charge in [-0.2, -0.15) is 20.2 Å². The number of aromatic amines is 1. The highest BCUT2D eigenvalue weighted by atomic mass is 19.1. The summed E-state index contributed by atoms with van der Waals surface area (Å²) in [6, 6.07) is 20.1. The Balaban J connectivity index is 1.07. The zero-order valence-electron chi connectivity index (χ0n) is 30.1. The molecule has 0 spiro atoms. The minimum Gasteiger partial charge on any atom is -0.492 e. The van der Waals surface area contributed by atoms with Crippen molar-refractivity contribution in [2.24, 2.45) is 0 Å². The topological polar surface area (TPSA) is 223 Å². The average Bonchev–Trinajstić information content (AvgIpc) is 3.62. The maximum Gasteiger partial charge on any atom is 0.328 e. The molecule has 0 saturated carbocycles. The summed E-state index contributed by atoms with van der Waals surface area (Å²) in [5.41, 5.74) is 4.06. The number of nitrogens with zero attached hydrogens (tertiary/aromatic N) is 9. The number of carbonyl (C=O) groups is 2. The number of aromatic nitrogens is 7. The molecular formula is C38H36FN13O4. The fourth-order valence-electron chi connectivity index (χ4n) is 6.17. The second-order valence-electron chi connectivity index (χ2n) is 12.9. The largest absolute Gasteiger partial charge is 0.492 e. The molecule has 18 heteroatoms. The number of benzene rings is 3. The molecule has 5 N–H and O–H groups in total. The number of nitrogens with one attached hydrogen (secondary N) is 4. The van der Waals surface area contributed by atoms with E-state index in [0.29, 0.717) is 60.8 Å². The lowest BCUT2D eigenvalue weighted by Crippen LogP contribution is -2.48. The highest BCUT2D eigenvalue weighted by molar-refractivity contribution is 5.94. The summed E-state index contributed by atoms with van der Waals surface area (Å²) in [6.07, 6.45) is 2.93. The number of imidazole rings is 1. The minimum absolute atomic E-state index is 0.0619. The van der Waals surface area contributed by atoms with Crippen molar-refractivity contribution < 1.29 is 23.8 Å². The molecule has 7 rings (SSSR count). The van der Waals surface area contributed by atoms with Gasteiger partial charge >= 0.3 is 5.97 Å². The summed E-state index contributed by atoms with van der Waals surface area (Å²) < 4.78 is 18.9. The number of piperazine rings is 1. The first-order chi connectivity index (χ1) is 27.2. The molecule has 1 atom stereocenters. The lowest BCUT2D eigenvalue weighted by atomic mass is 10.0. The predicted octanol–water partition coefficient (Wildman–Crippen LogP) is 3.76. The number of hydrogen-bond donors (Lipinski definition) is 5. The van der Waals surface area contributed by atoms with E-state index in [1.807, 2.05) is 24.3 Å². The molecule has 0 bridgehead atoms. The number of aromatic hydroxyl groups is 1. The number of rotatable bonds is 13. The van der Waals surface area contributed by atoms with Crippen molar-refractivity contribution in [2.75, 3.05) is 49.2 Å². The fourth-order valence-corrected chi connectivity index (χ4v) is 6.17. The number of hydrogen-bond acceptors (Lipinski definition) is 15. The van der Waals surface area contributed by atoms with Crippen LogP contribution in [0.4, 0.5) is 27.9 Å². The van der Waals surface area contributed by atoms with Crippen molar-refractivity contribution in [3.05, 3.63) is 113 Å². The third kappa shape index (κ3) is 9.09. The smallest absolute Gasteiger partial charge is 0.328 e. The Morgan fingerprint density at radius 3 is 2.48 bits per heavy atom. The second-order valence-corrected chi connectivity index (χ2v) is 12.9. The van der Waals surface area contributed by atoms with Crippen molar-refractivity contribution >= 4 is 46.4 Å². The number of amides is 1. The van der Waals surface area contributed by atoms with Gasteiger partial charge in [-0.25, -0.2) is 24.1 Å². The Labute approximate surface area is 319 Å². The van der Waals surface area contributed by atoms with Crippen LogP contribution in [-0.4, -0.2) is 101 Å². The number of fused-ring (bicyclic) bond motifs is 1. The van der Waals surface area contributed by atoms with E-state index in [0.717, 1.165) is 11.1 Å². The summed E-state index contributed by atoms with van der Waals surface area (Å²) >= 11 is 0. The van der Waals surface area contributed by atoms with Crippen LogP contribution in [-0.2, 0) is 29.0 Å². The highest BCUT2D eigenvalue weighted by Crippen LogP contribution is 2.22. The van der Waals surface area contributed by atoms with Crippen LogP contribution in [0.15, 0.2) is 79.1 Å². The molecule has 1 saturated heterocycles. The average molecular weight is 758 g/mol. The SMILES string of the molecule is COC(=O)[C@@H](Cc1ccc(C#N)cc1)Nc1nc(NCc2nc3cc(F)ccc3[nH]2)nc(Nc2cccc(CN3CCN(C(=O)c4nccnc4O)CC3)c2)n1. The summed E-state index contributed by atoms with van der Waals surface area (Å²) in [5, 5.41) is 28.6. The molecule has 0 radical (unpaired) electrons. The maximum atomic E-state index is 13.8. The monoisotopic (exact) mass is 757 g/mol. The number of ether oxygens (including phenoxy) is 1. The molecule has 4 heterocycles. The Morgan fingerprint density at radius 1 is 0.946 bits per heavy atom. The van der Waals surface area contributed by atoms with Crippen molar-refractivity contribution in [1.29, 1.82) is 5.26 Å². The number of nitriles is 1. The van der Waals surface area contributed by atoms with Crippen LogP contribution in [0.3, 0.4) is 0 Å². The maximum absolute atomic E-state index is 13.8. The van der Waals surface area contributed by atoms with Crippen molar-refractivity contribution in [1.82, 2.24) is 44.7 Å². The summed E-state index contributed by atoms with van der Waals surface area (Å²) in [6.45, 7) is 2.94. The molecule has 1 aliphatic rings. The number of methoxy groups -OCH3 is 1. The second kappa shape index (κ2) is 16.8. The van der Waals surface area contributed by atoms with E-state index >= 15 is 0 Å². The van der Waals surface area contributed by atoms with Gasteiger partial charge < -0.3 is 35.7 Å². The summed E-state index contributed by atoms with van der Waals surface area (Å²) in [5.74, 6) is -0.740. The first-order valence-corrected chi connectivity index (χ1v) is 17.6. The van der Waals surface area contributed by atoms with Crippen molar-refractivity contribution in [3.8, 4) is 11.9 Å². The summed E-state index contributed by atoms with van der Waals surface area (Å²) in [4.78, 5) is 58.7. The van der Waals surface area contributed by atoms with Gasteiger partial charge in [-0.3, -0.25) is 9.69 Å². The molecule has 3 aromatic carbocycles. The van der Waals surface area contributed by atoms with Crippen LogP contribution in [0.5, 0.6) is 5.88 Å². The van der Waals surface area contributed by atoms with Gasteiger partial charge in [0.15, 0.2) is 5.69 Å². The van der Waals surface area contributed by atoms with Gasteiger partial charge in [-0.1, -0.05) is 24.3 Å². The molecule has 17 nitrogen and oxygen atoms in total. The van der Waals surface area contributed by atoms with Crippen LogP contribution in [0.1, 0.15) is 33.0 Å². The van der Waals surface area contributed by atoms with Gasteiger partial charge in [-0.05, 0) is 47.5 Å². The number of esters is 1. The van der Waals surface area contributed by atoms with E-state index in [2.05, 4.69) is 61.8 Å². The normalized spacial score (nSPS) is 13.5. The van der Waals surface area contributed by atoms with Crippen LogP contribution in [0.2, 0.25) is 0 Å². The van der Waals surface area contributed by atoms with E-state index < -0.39 is 17.8 Å². The van der Waals surface area contributed by atoms with Crippen LogP contribution >= 0.6 is 0 Å². The van der Waals surface area contributed by atoms with E-state index in [4.69, 9.17) is 4.74 Å². The molecule has 6 aromatic rings. The first-order valence-electron chi connectivity index (χ1n) is 17.6. The minimum atomic E-state index is -0.883. The zero-order valence-corrected chi connectivity index (χ0v) is 30.1. The molecular weight excluding hydrogens is 722 g/mol. The number of H-pyrrole nitrogens is 1. The number of carbonyl (C=O) groups excluding carboxylic acids is 2. The third-order valence-electron chi connectivity index (χ3n) is 8.99. The Hall–Kier alpha value is -7.26. The standard InChI is InChI=1S/C38H36FN13O4/c1-56-35(55)30(18-23-5-7-24(20-40)8-6-23)47-38-49-36(43-21-31-45-28-10-9-26(39)19-29(28)46-31)48-37(50-38)44-27-4-2-3-25(17-27)22-51-13-15-52(16-14-51)34(54)32-33(53)42-12-11-41-32/h2-12,17,19,30H,13-16,18,21-22H2,1H3,(H,42,53)(H,45,46)(H3,43,44,47,48,49,50)/t30-/m1/s1. The van der Waals surface area contributed by atoms with Gasteiger partial charge in [-0.15, -0.1) is 0 Å². The molecule has 1 aliphatic heterocycles. The molecule has 1 amide bonds. The third-order valence-corrected chi connectivity index (χ3v) is 8.99. The van der Waals surface area contributed by atoms with Crippen LogP contribution in [0, 0.1) is 17.1 Å². The van der Waals surface area contributed by atoms with Gasteiger partial charge in [0.1, 0.15) is 17.7 Å². The Kier molecular flexibility index (Phi) is 11.1. The molecule has 1 fully saturated rings. The first kappa shape index (κ1) is 37.1. The van der Waals surface area contributed by atoms with E-state index in [-0.39, 0.29) is 48.3 Å². The van der Waals surface area contributed by atoms with Gasteiger partial charge in [0.25, 0.3) is 5.91 Å². The lowest BCUT2D eigenvalue weighted by Gasteiger charge is -2.34. The molecule has 0 unspecified atom stereocenters. The van der Waals surface area contributed by atoms with E-state index in [1.54, 1.807) is 35.2 Å². The fraction of sp³-hybridized carbons (Fsp3) is 0.237. The Bertz CT molecular complexity index is 2390. The van der Waals surface area contributed by atoms with Crippen LogP contribution in [0.25, 0.3) is 11.0 Å². The highest BCUT2D eigenvalue weighted by Gasteiger charge is 2.26. The van der Waals surface area contributed by atoms with Crippen molar-refractivity contribution in [3.63, 3.8) is 0 Å². The number of anilines is 4. The van der Waals surface area contributed by atoms with Crippen LogP contribution < -0.4 is 16.0 Å². The molecule has 0 aliphatic carbocycles. The molecule has 3 aromatic heterocycles. The van der Waals surface area contributed by atoms with E-state index in [1.165, 1.54) is 31.6 Å². The molecule has 284 valence electrons.